The fraction of sp³-hybridized carbons (Fsp3) is 0.562. The SMILES string of the molecule is CCC(C)(CCO)NC(=O)c1ccccc1CCNC. The molecule has 0 saturated carbocycles. The third-order valence-electron chi connectivity index (χ3n) is 3.77. The van der Waals surface area contributed by atoms with Crippen molar-refractivity contribution in [1.82, 2.24) is 10.6 Å². The third-order valence-corrected chi connectivity index (χ3v) is 3.77. The van der Waals surface area contributed by atoms with Crippen molar-refractivity contribution in [2.45, 2.75) is 38.6 Å². The number of hydrogen-bond acceptors (Lipinski definition) is 3. The molecule has 0 fully saturated rings. The Morgan fingerprint density at radius 3 is 2.65 bits per heavy atom. The topological polar surface area (TPSA) is 61.4 Å². The van der Waals surface area contributed by atoms with Crippen LogP contribution in [0.3, 0.4) is 0 Å². The minimum absolute atomic E-state index is 0.0606. The Balaban J connectivity index is 2.86. The van der Waals surface area contributed by atoms with Gasteiger partial charge in [0.15, 0.2) is 0 Å². The Hall–Kier alpha value is -1.39. The highest BCUT2D eigenvalue weighted by Crippen LogP contribution is 2.16. The second-order valence-corrected chi connectivity index (χ2v) is 5.35. The molecule has 0 radical (unpaired) electrons. The molecule has 3 N–H and O–H groups in total. The summed E-state index contributed by atoms with van der Waals surface area (Å²) >= 11 is 0. The molecule has 4 nitrogen and oxygen atoms in total. The van der Waals surface area contributed by atoms with Crippen LogP contribution in [0.4, 0.5) is 0 Å². The van der Waals surface area contributed by atoms with E-state index in [2.05, 4.69) is 10.6 Å². The highest BCUT2D eigenvalue weighted by Gasteiger charge is 2.24. The summed E-state index contributed by atoms with van der Waals surface area (Å²) in [5, 5.41) is 15.3. The van der Waals surface area contributed by atoms with Gasteiger partial charge >= 0.3 is 0 Å². The first kappa shape index (κ1) is 16.7. The molecule has 0 aliphatic carbocycles. The van der Waals surface area contributed by atoms with Gasteiger partial charge in [0, 0.05) is 17.7 Å². The van der Waals surface area contributed by atoms with Gasteiger partial charge < -0.3 is 15.7 Å². The number of likely N-dealkylation sites (N-methyl/N-ethyl adjacent to an activating group) is 1. The number of benzene rings is 1. The van der Waals surface area contributed by atoms with E-state index in [9.17, 15) is 4.79 Å². The number of aliphatic hydroxyl groups excluding tert-OH is 1. The van der Waals surface area contributed by atoms with Crippen molar-refractivity contribution < 1.29 is 9.90 Å². The summed E-state index contributed by atoms with van der Waals surface area (Å²) in [4.78, 5) is 12.5. The van der Waals surface area contributed by atoms with Crippen LogP contribution < -0.4 is 10.6 Å². The van der Waals surface area contributed by atoms with Crippen molar-refractivity contribution in [2.24, 2.45) is 0 Å². The number of aliphatic hydroxyl groups is 1. The van der Waals surface area contributed by atoms with Crippen LogP contribution in [0, 0.1) is 0 Å². The Morgan fingerprint density at radius 1 is 1.35 bits per heavy atom. The standard InChI is InChI=1S/C16H26N2O2/c1-4-16(2,10-12-19)18-15(20)14-8-6-5-7-13(14)9-11-17-3/h5-8,17,19H,4,9-12H2,1-3H3,(H,18,20). The van der Waals surface area contributed by atoms with Gasteiger partial charge in [0.05, 0.1) is 0 Å². The quantitative estimate of drug-likeness (QED) is 0.678. The molecule has 0 heterocycles. The third kappa shape index (κ3) is 4.62. The molecular weight excluding hydrogens is 252 g/mol. The number of hydrogen-bond donors (Lipinski definition) is 3. The Kier molecular flexibility index (Phi) is 6.68. The van der Waals surface area contributed by atoms with Crippen molar-refractivity contribution in [3.63, 3.8) is 0 Å². The average Bonchev–Trinajstić information content (AvgIpc) is 2.45. The van der Waals surface area contributed by atoms with Crippen LogP contribution in [-0.4, -0.2) is 36.8 Å². The molecular formula is C16H26N2O2. The van der Waals surface area contributed by atoms with E-state index in [1.54, 1.807) is 0 Å². The average molecular weight is 278 g/mol. The van der Waals surface area contributed by atoms with Crippen LogP contribution in [-0.2, 0) is 6.42 Å². The van der Waals surface area contributed by atoms with E-state index in [1.807, 2.05) is 45.2 Å². The van der Waals surface area contributed by atoms with Gasteiger partial charge in [-0.25, -0.2) is 0 Å². The van der Waals surface area contributed by atoms with E-state index >= 15 is 0 Å². The van der Waals surface area contributed by atoms with Crippen molar-refractivity contribution in [3.8, 4) is 0 Å². The van der Waals surface area contributed by atoms with Crippen molar-refractivity contribution in [1.29, 1.82) is 0 Å². The molecule has 1 rings (SSSR count). The van der Waals surface area contributed by atoms with Gasteiger partial charge in [0.2, 0.25) is 0 Å². The molecule has 0 aliphatic heterocycles. The van der Waals surface area contributed by atoms with Gasteiger partial charge in [0.25, 0.3) is 5.91 Å². The lowest BCUT2D eigenvalue weighted by atomic mass is 9.93. The smallest absolute Gasteiger partial charge is 0.251 e. The molecule has 1 unspecified atom stereocenters. The maximum absolute atomic E-state index is 12.5. The van der Waals surface area contributed by atoms with Gasteiger partial charge in [-0.05, 0) is 51.4 Å². The predicted molar refractivity (Wildman–Crippen MR) is 81.9 cm³/mol. The Labute approximate surface area is 121 Å². The lowest BCUT2D eigenvalue weighted by Crippen LogP contribution is -2.46. The van der Waals surface area contributed by atoms with Crippen LogP contribution in [0.25, 0.3) is 0 Å². The van der Waals surface area contributed by atoms with Crippen LogP contribution in [0.1, 0.15) is 42.6 Å². The molecule has 1 aromatic rings. The molecule has 1 amide bonds. The summed E-state index contributed by atoms with van der Waals surface area (Å²) < 4.78 is 0. The van der Waals surface area contributed by atoms with Crippen LogP contribution >= 0.6 is 0 Å². The molecule has 0 aliphatic rings. The molecule has 0 bridgehead atoms. The minimum Gasteiger partial charge on any atom is -0.396 e. The van der Waals surface area contributed by atoms with Gasteiger partial charge in [-0.2, -0.15) is 0 Å². The van der Waals surface area contributed by atoms with E-state index in [-0.39, 0.29) is 18.1 Å². The van der Waals surface area contributed by atoms with Gasteiger partial charge in [0.1, 0.15) is 0 Å². The molecule has 0 spiro atoms. The number of carbonyl (C=O) groups is 1. The summed E-state index contributed by atoms with van der Waals surface area (Å²) in [6.45, 7) is 4.90. The van der Waals surface area contributed by atoms with Gasteiger partial charge in [-0.3, -0.25) is 4.79 Å². The normalized spacial score (nSPS) is 13.8. The number of rotatable bonds is 8. The van der Waals surface area contributed by atoms with Crippen LogP contribution in [0.2, 0.25) is 0 Å². The largest absolute Gasteiger partial charge is 0.396 e. The van der Waals surface area contributed by atoms with Crippen LogP contribution in [0.5, 0.6) is 0 Å². The molecule has 4 heteroatoms. The summed E-state index contributed by atoms with van der Waals surface area (Å²) in [7, 11) is 1.90. The molecule has 1 atom stereocenters. The van der Waals surface area contributed by atoms with Crippen molar-refractivity contribution in [2.75, 3.05) is 20.2 Å². The second-order valence-electron chi connectivity index (χ2n) is 5.35. The maximum atomic E-state index is 12.5. The predicted octanol–water partition coefficient (Wildman–Crippen LogP) is 1.73. The van der Waals surface area contributed by atoms with E-state index in [0.717, 1.165) is 30.5 Å². The molecule has 112 valence electrons. The van der Waals surface area contributed by atoms with Crippen molar-refractivity contribution >= 4 is 5.91 Å². The number of carbonyl (C=O) groups excluding carboxylic acids is 1. The van der Waals surface area contributed by atoms with Gasteiger partial charge in [-0.1, -0.05) is 25.1 Å². The fourth-order valence-corrected chi connectivity index (χ4v) is 2.14. The van der Waals surface area contributed by atoms with E-state index < -0.39 is 0 Å². The number of amides is 1. The first-order chi connectivity index (χ1) is 9.56. The minimum atomic E-state index is -0.359. The van der Waals surface area contributed by atoms with E-state index in [0.29, 0.717) is 6.42 Å². The molecule has 1 aromatic carbocycles. The Morgan fingerprint density at radius 2 is 2.05 bits per heavy atom. The zero-order chi connectivity index (χ0) is 15.0. The Bertz CT molecular complexity index is 434. The summed E-state index contributed by atoms with van der Waals surface area (Å²) in [6.07, 6.45) is 2.18. The highest BCUT2D eigenvalue weighted by molar-refractivity contribution is 5.96. The second kappa shape index (κ2) is 8.02. The molecule has 0 saturated heterocycles. The first-order valence-electron chi connectivity index (χ1n) is 7.22. The summed E-state index contributed by atoms with van der Waals surface area (Å²) in [6, 6.07) is 7.68. The van der Waals surface area contributed by atoms with E-state index in [1.165, 1.54) is 0 Å². The van der Waals surface area contributed by atoms with Gasteiger partial charge in [-0.15, -0.1) is 0 Å². The molecule has 0 aromatic heterocycles. The zero-order valence-corrected chi connectivity index (χ0v) is 12.7. The maximum Gasteiger partial charge on any atom is 0.251 e. The van der Waals surface area contributed by atoms with Crippen LogP contribution in [0.15, 0.2) is 24.3 Å². The first-order valence-corrected chi connectivity index (χ1v) is 7.22. The zero-order valence-electron chi connectivity index (χ0n) is 12.7. The van der Waals surface area contributed by atoms with E-state index in [4.69, 9.17) is 5.11 Å². The highest BCUT2D eigenvalue weighted by atomic mass is 16.3. The molecule has 20 heavy (non-hydrogen) atoms. The number of nitrogens with one attached hydrogen (secondary N) is 2. The lowest BCUT2D eigenvalue weighted by molar-refractivity contribution is 0.0885. The lowest BCUT2D eigenvalue weighted by Gasteiger charge is -2.29. The summed E-state index contributed by atoms with van der Waals surface area (Å²) in [5.41, 5.74) is 1.41. The summed E-state index contributed by atoms with van der Waals surface area (Å²) in [5.74, 6) is -0.0606. The fourth-order valence-electron chi connectivity index (χ4n) is 2.14. The monoisotopic (exact) mass is 278 g/mol. The van der Waals surface area contributed by atoms with Crippen molar-refractivity contribution in [3.05, 3.63) is 35.4 Å².